The van der Waals surface area contributed by atoms with E-state index in [1.165, 1.54) is 25.7 Å². The van der Waals surface area contributed by atoms with E-state index in [4.69, 9.17) is 15.5 Å². The van der Waals surface area contributed by atoms with Gasteiger partial charge in [0.1, 0.15) is 5.75 Å². The lowest BCUT2D eigenvalue weighted by Crippen LogP contribution is -2.39. The maximum Gasteiger partial charge on any atom is 0.263 e. The molecule has 2 saturated carbocycles. The molecule has 1 unspecified atom stereocenters. The zero-order valence-electron chi connectivity index (χ0n) is 24.1. The fourth-order valence-corrected chi connectivity index (χ4v) is 6.90. The molecule has 7 heteroatoms. The van der Waals surface area contributed by atoms with E-state index in [1.807, 2.05) is 61.3 Å². The molecule has 2 aromatic carbocycles. The largest absolute Gasteiger partial charge is 0.493 e. The van der Waals surface area contributed by atoms with Crippen LogP contribution in [0.5, 0.6) is 5.75 Å². The first-order valence-corrected chi connectivity index (χ1v) is 15.3. The van der Waals surface area contributed by atoms with Crippen molar-refractivity contribution in [3.63, 3.8) is 0 Å². The van der Waals surface area contributed by atoms with Crippen molar-refractivity contribution >= 4 is 22.8 Å². The van der Waals surface area contributed by atoms with Crippen LogP contribution in [0.15, 0.2) is 47.3 Å². The number of benzene rings is 2. The van der Waals surface area contributed by atoms with Crippen molar-refractivity contribution < 1.29 is 9.53 Å². The highest BCUT2D eigenvalue weighted by Crippen LogP contribution is 2.37. The highest BCUT2D eigenvalue weighted by molar-refractivity contribution is 5.86. The minimum Gasteiger partial charge on any atom is -0.493 e. The van der Waals surface area contributed by atoms with E-state index < -0.39 is 0 Å². The zero-order chi connectivity index (χ0) is 28.1. The predicted molar refractivity (Wildman–Crippen MR) is 162 cm³/mol. The van der Waals surface area contributed by atoms with Gasteiger partial charge in [-0.15, -0.1) is 0 Å². The number of fused-ring (bicyclic) bond motifs is 1. The van der Waals surface area contributed by atoms with Crippen molar-refractivity contribution in [1.82, 2.24) is 14.5 Å². The van der Waals surface area contributed by atoms with Gasteiger partial charge in [-0.1, -0.05) is 62.8 Å². The third kappa shape index (κ3) is 6.03. The molecule has 5 rings (SSSR count). The van der Waals surface area contributed by atoms with Crippen LogP contribution in [0.4, 0.5) is 5.95 Å². The van der Waals surface area contributed by atoms with E-state index >= 15 is 0 Å². The molecule has 2 aliphatic carbocycles. The number of aromatic nitrogens is 2. The third-order valence-electron chi connectivity index (χ3n) is 9.12. The van der Waals surface area contributed by atoms with Crippen LogP contribution in [0, 0.1) is 5.92 Å². The van der Waals surface area contributed by atoms with E-state index in [0.717, 1.165) is 55.4 Å². The van der Waals surface area contributed by atoms with Gasteiger partial charge in [-0.05, 0) is 68.7 Å². The Morgan fingerprint density at radius 2 is 1.75 bits per heavy atom. The van der Waals surface area contributed by atoms with Crippen molar-refractivity contribution in [2.24, 2.45) is 5.92 Å². The van der Waals surface area contributed by atoms with Gasteiger partial charge in [0.25, 0.3) is 5.56 Å². The topological polar surface area (TPSA) is 90.4 Å². The Morgan fingerprint density at radius 3 is 2.48 bits per heavy atom. The third-order valence-corrected chi connectivity index (χ3v) is 9.12. The fraction of sp³-hybridized carbons (Fsp3) is 0.545. The lowest BCUT2D eigenvalue weighted by atomic mass is 9.82. The first-order chi connectivity index (χ1) is 19.5. The minimum atomic E-state index is -0.146. The molecule has 1 atom stereocenters. The van der Waals surface area contributed by atoms with Gasteiger partial charge >= 0.3 is 0 Å². The summed E-state index contributed by atoms with van der Waals surface area (Å²) in [6.07, 6.45) is 12.4. The monoisotopic (exact) mass is 544 g/mol. The second-order valence-corrected chi connectivity index (χ2v) is 11.6. The van der Waals surface area contributed by atoms with Gasteiger partial charge in [0.2, 0.25) is 11.9 Å². The second-order valence-electron chi connectivity index (χ2n) is 11.6. The summed E-state index contributed by atoms with van der Waals surface area (Å²) in [4.78, 5) is 34.1. The lowest BCUT2D eigenvalue weighted by molar-refractivity contribution is -0.132. The summed E-state index contributed by atoms with van der Waals surface area (Å²) >= 11 is 0. The lowest BCUT2D eigenvalue weighted by Gasteiger charge is -2.34. The van der Waals surface area contributed by atoms with Crippen LogP contribution in [0.25, 0.3) is 22.0 Å². The van der Waals surface area contributed by atoms with Crippen LogP contribution < -0.4 is 16.0 Å². The molecule has 2 aliphatic rings. The second kappa shape index (κ2) is 12.9. The number of rotatable bonds is 9. The van der Waals surface area contributed by atoms with Crippen molar-refractivity contribution in [1.29, 1.82) is 0 Å². The molecule has 0 aliphatic heterocycles. The standard InChI is InChI=1S/C33H44N4O3/c1-3-40-30-17-11-10-16-26(30)24-18-19-28-27(22-24)32(39)37(33(34)35-28)29(23-12-6-4-7-13-23)20-21-31(38)36(2)25-14-8-5-9-15-25/h10-11,16-19,22-23,25,29H,3-9,12-15,20-21H2,1-2H3,(H2,34,35). The van der Waals surface area contributed by atoms with Crippen LogP contribution >= 0.6 is 0 Å². The maximum absolute atomic E-state index is 14.2. The summed E-state index contributed by atoms with van der Waals surface area (Å²) in [5.41, 5.74) is 8.84. The number of amides is 1. The molecule has 3 aromatic rings. The number of nitrogen functional groups attached to an aromatic ring is 1. The fourth-order valence-electron chi connectivity index (χ4n) is 6.90. The van der Waals surface area contributed by atoms with Crippen molar-refractivity contribution in [3.8, 4) is 16.9 Å². The van der Waals surface area contributed by atoms with Crippen LogP contribution in [0.1, 0.15) is 90.0 Å². The number of para-hydroxylation sites is 1. The van der Waals surface area contributed by atoms with Crippen LogP contribution in [-0.2, 0) is 4.79 Å². The molecule has 0 radical (unpaired) electrons. The quantitative estimate of drug-likeness (QED) is 0.322. The molecule has 7 nitrogen and oxygen atoms in total. The Morgan fingerprint density at radius 1 is 1.05 bits per heavy atom. The van der Waals surface area contributed by atoms with Crippen LogP contribution in [0.2, 0.25) is 0 Å². The first kappa shape index (κ1) is 28.2. The van der Waals surface area contributed by atoms with Crippen molar-refractivity contribution in [2.75, 3.05) is 19.4 Å². The first-order valence-electron chi connectivity index (χ1n) is 15.3. The molecular weight excluding hydrogens is 500 g/mol. The Balaban J connectivity index is 1.49. The highest BCUT2D eigenvalue weighted by Gasteiger charge is 2.30. The number of anilines is 1. The molecule has 0 bridgehead atoms. The maximum atomic E-state index is 14.2. The number of hydrogen-bond acceptors (Lipinski definition) is 5. The Kier molecular flexibility index (Phi) is 9.08. The molecule has 1 heterocycles. The number of carbonyl (C=O) groups excluding carboxylic acids is 1. The van der Waals surface area contributed by atoms with Crippen molar-refractivity contribution in [2.45, 2.75) is 96.1 Å². The van der Waals surface area contributed by atoms with E-state index in [0.29, 0.717) is 42.3 Å². The summed E-state index contributed by atoms with van der Waals surface area (Å²) in [7, 11) is 1.95. The summed E-state index contributed by atoms with van der Waals surface area (Å²) in [5.74, 6) is 1.50. The van der Waals surface area contributed by atoms with Gasteiger partial charge in [-0.25, -0.2) is 4.98 Å². The molecule has 1 aromatic heterocycles. The zero-order valence-corrected chi connectivity index (χ0v) is 24.1. The number of ether oxygens (including phenoxy) is 1. The summed E-state index contributed by atoms with van der Waals surface area (Å²) < 4.78 is 7.57. The Hall–Kier alpha value is -3.35. The SMILES string of the molecule is CCOc1ccccc1-c1ccc2nc(N)n(C(CCC(=O)N(C)C3CCCCC3)C3CCCCC3)c(=O)c2c1. The van der Waals surface area contributed by atoms with Crippen LogP contribution in [0.3, 0.4) is 0 Å². The molecule has 0 saturated heterocycles. The molecule has 2 N–H and O–H groups in total. The van der Waals surface area contributed by atoms with Gasteiger partial charge in [-0.2, -0.15) is 0 Å². The van der Waals surface area contributed by atoms with Crippen molar-refractivity contribution in [3.05, 3.63) is 52.8 Å². The number of nitrogens with two attached hydrogens (primary N) is 1. The molecular formula is C33H44N4O3. The van der Waals surface area contributed by atoms with E-state index in [-0.39, 0.29) is 23.5 Å². The smallest absolute Gasteiger partial charge is 0.263 e. The number of carbonyl (C=O) groups is 1. The predicted octanol–water partition coefficient (Wildman–Crippen LogP) is 6.74. The molecule has 214 valence electrons. The van der Waals surface area contributed by atoms with Gasteiger partial charge in [0.15, 0.2) is 0 Å². The van der Waals surface area contributed by atoms with E-state index in [9.17, 15) is 9.59 Å². The van der Waals surface area contributed by atoms with Gasteiger partial charge in [0, 0.05) is 31.1 Å². The minimum absolute atomic E-state index is 0.123. The van der Waals surface area contributed by atoms with Gasteiger partial charge in [-0.3, -0.25) is 14.2 Å². The normalized spacial score (nSPS) is 17.6. The average molecular weight is 545 g/mol. The molecule has 40 heavy (non-hydrogen) atoms. The molecule has 1 amide bonds. The van der Waals surface area contributed by atoms with E-state index in [2.05, 4.69) is 0 Å². The Bertz CT molecular complexity index is 1370. The van der Waals surface area contributed by atoms with Gasteiger partial charge in [0.05, 0.1) is 17.5 Å². The summed E-state index contributed by atoms with van der Waals surface area (Å²) in [5, 5.41) is 0.546. The summed E-state index contributed by atoms with van der Waals surface area (Å²) in [6, 6.07) is 13.8. The van der Waals surface area contributed by atoms with E-state index in [1.54, 1.807) is 4.57 Å². The van der Waals surface area contributed by atoms with Gasteiger partial charge < -0.3 is 15.4 Å². The Labute approximate surface area is 237 Å². The summed E-state index contributed by atoms with van der Waals surface area (Å²) in [6.45, 7) is 2.53. The van der Waals surface area contributed by atoms with Crippen LogP contribution in [-0.4, -0.2) is 40.1 Å². The highest BCUT2D eigenvalue weighted by atomic mass is 16.5. The number of hydrogen-bond donors (Lipinski definition) is 1. The average Bonchev–Trinajstić information content (AvgIpc) is 2.99. The molecule has 0 spiro atoms. The molecule has 2 fully saturated rings. The number of nitrogens with zero attached hydrogens (tertiary/aromatic N) is 3.